The number of thiophene rings is 1. The van der Waals surface area contributed by atoms with Gasteiger partial charge in [-0.15, -0.1) is 11.3 Å². The SMILES string of the molecule is O=C(O)C1CC2(CCN(C(=O)C3CC3)CC2)CN1C(=O)c1cccs1. The third kappa shape index (κ3) is 3.05. The summed E-state index contributed by atoms with van der Waals surface area (Å²) in [5.74, 6) is -0.635. The fraction of sp³-hybridized carbons (Fsp3) is 0.611. The number of nitrogens with zero attached hydrogens (tertiary/aromatic N) is 2. The van der Waals surface area contributed by atoms with Crippen molar-refractivity contribution < 1.29 is 19.5 Å². The molecule has 1 atom stereocenters. The van der Waals surface area contributed by atoms with Crippen LogP contribution >= 0.6 is 11.3 Å². The Labute approximate surface area is 150 Å². The topological polar surface area (TPSA) is 77.9 Å². The summed E-state index contributed by atoms with van der Waals surface area (Å²) in [7, 11) is 0. The molecular formula is C18H22N2O4S. The van der Waals surface area contributed by atoms with Crippen molar-refractivity contribution in [1.29, 1.82) is 0 Å². The molecule has 3 aliphatic rings. The lowest BCUT2D eigenvalue weighted by Gasteiger charge is -2.39. The second-order valence-corrected chi connectivity index (χ2v) is 8.52. The van der Waals surface area contributed by atoms with Crippen LogP contribution in [0.1, 0.15) is 41.8 Å². The summed E-state index contributed by atoms with van der Waals surface area (Å²) in [6.07, 6.45) is 4.06. The molecule has 4 rings (SSSR count). The Balaban J connectivity index is 1.47. The molecule has 3 heterocycles. The van der Waals surface area contributed by atoms with Crippen molar-refractivity contribution in [2.45, 2.75) is 38.1 Å². The second-order valence-electron chi connectivity index (χ2n) is 7.57. The summed E-state index contributed by atoms with van der Waals surface area (Å²) in [4.78, 5) is 40.7. The third-order valence-electron chi connectivity index (χ3n) is 5.85. The monoisotopic (exact) mass is 362 g/mol. The Kier molecular flexibility index (Phi) is 4.06. The van der Waals surface area contributed by atoms with Gasteiger partial charge < -0.3 is 14.9 Å². The quantitative estimate of drug-likeness (QED) is 0.893. The molecule has 2 amide bonds. The number of carbonyl (C=O) groups is 3. The first-order valence-electron chi connectivity index (χ1n) is 8.85. The first-order valence-corrected chi connectivity index (χ1v) is 9.73. The van der Waals surface area contributed by atoms with Gasteiger partial charge in [-0.05, 0) is 49.0 Å². The van der Waals surface area contributed by atoms with Crippen LogP contribution in [0.2, 0.25) is 0 Å². The van der Waals surface area contributed by atoms with Crippen LogP contribution in [0.5, 0.6) is 0 Å². The highest BCUT2D eigenvalue weighted by atomic mass is 32.1. The molecule has 2 saturated heterocycles. The maximum absolute atomic E-state index is 12.7. The van der Waals surface area contributed by atoms with Gasteiger partial charge in [-0.3, -0.25) is 9.59 Å². The van der Waals surface area contributed by atoms with Crippen molar-refractivity contribution in [2.75, 3.05) is 19.6 Å². The average molecular weight is 362 g/mol. The third-order valence-corrected chi connectivity index (χ3v) is 6.71. The molecule has 0 radical (unpaired) electrons. The highest BCUT2D eigenvalue weighted by Gasteiger charge is 2.50. The highest BCUT2D eigenvalue weighted by Crippen LogP contribution is 2.45. The molecule has 25 heavy (non-hydrogen) atoms. The lowest BCUT2D eigenvalue weighted by atomic mass is 9.76. The smallest absolute Gasteiger partial charge is 0.326 e. The molecule has 1 N–H and O–H groups in total. The van der Waals surface area contributed by atoms with Gasteiger partial charge in [0.2, 0.25) is 5.91 Å². The number of piperidine rings is 1. The van der Waals surface area contributed by atoms with Crippen LogP contribution < -0.4 is 0 Å². The van der Waals surface area contributed by atoms with E-state index in [2.05, 4.69) is 0 Å². The van der Waals surface area contributed by atoms with Gasteiger partial charge in [0.25, 0.3) is 5.91 Å². The first-order chi connectivity index (χ1) is 12.0. The van der Waals surface area contributed by atoms with Gasteiger partial charge >= 0.3 is 5.97 Å². The Bertz CT molecular complexity index is 690. The lowest BCUT2D eigenvalue weighted by molar-refractivity contribution is -0.141. The van der Waals surface area contributed by atoms with E-state index in [1.54, 1.807) is 6.07 Å². The molecule has 1 spiro atoms. The molecule has 6 nitrogen and oxygen atoms in total. The van der Waals surface area contributed by atoms with Crippen molar-refractivity contribution >= 4 is 29.1 Å². The maximum Gasteiger partial charge on any atom is 0.326 e. The van der Waals surface area contributed by atoms with Gasteiger partial charge in [-0.25, -0.2) is 4.79 Å². The average Bonchev–Trinajstić information content (AvgIpc) is 3.17. The van der Waals surface area contributed by atoms with Crippen molar-refractivity contribution in [2.24, 2.45) is 11.3 Å². The number of likely N-dealkylation sites (tertiary alicyclic amines) is 2. The molecule has 2 aliphatic heterocycles. The summed E-state index contributed by atoms with van der Waals surface area (Å²) in [5, 5.41) is 11.4. The van der Waals surface area contributed by atoms with E-state index >= 15 is 0 Å². The van der Waals surface area contributed by atoms with E-state index in [0.717, 1.165) is 25.7 Å². The number of rotatable bonds is 3. The molecule has 3 fully saturated rings. The van der Waals surface area contributed by atoms with Crippen molar-refractivity contribution in [3.05, 3.63) is 22.4 Å². The Morgan fingerprint density at radius 3 is 2.48 bits per heavy atom. The minimum atomic E-state index is -0.932. The first kappa shape index (κ1) is 16.6. The van der Waals surface area contributed by atoms with Gasteiger partial charge in [-0.2, -0.15) is 0 Å². The molecule has 1 aromatic heterocycles. The molecule has 134 valence electrons. The standard InChI is InChI=1S/C18H22N2O4S/c21-15(12-3-4-12)19-7-5-18(6-8-19)10-13(17(23)24)20(11-18)16(22)14-2-1-9-25-14/h1-2,9,12-13H,3-8,10-11H2,(H,23,24). The largest absolute Gasteiger partial charge is 0.480 e. The summed E-state index contributed by atoms with van der Waals surface area (Å²) < 4.78 is 0. The highest BCUT2D eigenvalue weighted by molar-refractivity contribution is 7.12. The predicted octanol–water partition coefficient (Wildman–Crippen LogP) is 2.07. The maximum atomic E-state index is 12.7. The number of hydrogen-bond donors (Lipinski definition) is 1. The summed E-state index contributed by atoms with van der Waals surface area (Å²) in [5.41, 5.74) is -0.170. The fourth-order valence-corrected chi connectivity index (χ4v) is 4.86. The zero-order chi connectivity index (χ0) is 17.6. The summed E-state index contributed by atoms with van der Waals surface area (Å²) in [6.45, 7) is 1.84. The molecule has 1 aromatic rings. The van der Waals surface area contributed by atoms with E-state index in [-0.39, 0.29) is 23.1 Å². The van der Waals surface area contributed by atoms with E-state index in [1.807, 2.05) is 16.3 Å². The van der Waals surface area contributed by atoms with E-state index < -0.39 is 12.0 Å². The van der Waals surface area contributed by atoms with Crippen LogP contribution in [0.4, 0.5) is 0 Å². The van der Waals surface area contributed by atoms with Crippen LogP contribution in [-0.4, -0.2) is 58.4 Å². The summed E-state index contributed by atoms with van der Waals surface area (Å²) >= 11 is 1.34. The zero-order valence-corrected chi connectivity index (χ0v) is 14.8. The fourth-order valence-electron chi connectivity index (χ4n) is 4.18. The Hall–Kier alpha value is -1.89. The van der Waals surface area contributed by atoms with Crippen LogP contribution in [0, 0.1) is 11.3 Å². The predicted molar refractivity (Wildman–Crippen MR) is 92.4 cm³/mol. The number of carboxylic acids is 1. The van der Waals surface area contributed by atoms with Gasteiger partial charge in [-0.1, -0.05) is 6.07 Å². The normalized spacial score (nSPS) is 25.4. The Morgan fingerprint density at radius 2 is 1.92 bits per heavy atom. The van der Waals surface area contributed by atoms with Crippen LogP contribution in [0.3, 0.4) is 0 Å². The molecule has 0 bridgehead atoms. The van der Waals surface area contributed by atoms with Crippen LogP contribution in [-0.2, 0) is 9.59 Å². The molecule has 1 saturated carbocycles. The van der Waals surface area contributed by atoms with Gasteiger partial charge in [0.05, 0.1) is 4.88 Å². The minimum absolute atomic E-state index is 0.170. The van der Waals surface area contributed by atoms with Crippen molar-refractivity contribution in [1.82, 2.24) is 9.80 Å². The number of amides is 2. The zero-order valence-electron chi connectivity index (χ0n) is 14.0. The molecule has 7 heteroatoms. The van der Waals surface area contributed by atoms with E-state index in [1.165, 1.54) is 16.2 Å². The molecule has 0 aromatic carbocycles. The lowest BCUT2D eigenvalue weighted by Crippen LogP contribution is -2.45. The van der Waals surface area contributed by atoms with Gasteiger partial charge in [0, 0.05) is 25.6 Å². The van der Waals surface area contributed by atoms with E-state index in [0.29, 0.717) is 30.9 Å². The number of hydrogen-bond acceptors (Lipinski definition) is 4. The van der Waals surface area contributed by atoms with E-state index in [4.69, 9.17) is 0 Å². The molecule has 1 unspecified atom stereocenters. The van der Waals surface area contributed by atoms with Crippen molar-refractivity contribution in [3.8, 4) is 0 Å². The number of aliphatic carboxylic acids is 1. The van der Waals surface area contributed by atoms with Crippen LogP contribution in [0.25, 0.3) is 0 Å². The van der Waals surface area contributed by atoms with Gasteiger partial charge in [0.15, 0.2) is 0 Å². The second kappa shape index (κ2) is 6.12. The number of carboxylic acid groups (broad SMARTS) is 1. The van der Waals surface area contributed by atoms with Gasteiger partial charge in [0.1, 0.15) is 6.04 Å². The summed E-state index contributed by atoms with van der Waals surface area (Å²) in [6, 6.07) is 2.79. The van der Waals surface area contributed by atoms with E-state index in [9.17, 15) is 19.5 Å². The molecule has 1 aliphatic carbocycles. The molecular weight excluding hydrogens is 340 g/mol. The number of carbonyl (C=O) groups excluding carboxylic acids is 2. The Morgan fingerprint density at radius 1 is 1.20 bits per heavy atom. The van der Waals surface area contributed by atoms with Crippen molar-refractivity contribution in [3.63, 3.8) is 0 Å². The van der Waals surface area contributed by atoms with Crippen LogP contribution in [0.15, 0.2) is 17.5 Å². The minimum Gasteiger partial charge on any atom is -0.480 e.